The van der Waals surface area contributed by atoms with Crippen molar-refractivity contribution >= 4 is 27.4 Å². The highest BCUT2D eigenvalue weighted by atomic mass is 32.2. The van der Waals surface area contributed by atoms with Crippen molar-refractivity contribution in [2.24, 2.45) is 5.92 Å². The van der Waals surface area contributed by atoms with Gasteiger partial charge in [-0.2, -0.15) is 0 Å². The molecule has 0 aliphatic heterocycles. The number of Topliss-reactive ketones (excluding diaryl/α,β-unsaturated/α-hetero) is 1. The summed E-state index contributed by atoms with van der Waals surface area (Å²) in [6.45, 7) is 5.89. The molecule has 0 bridgehead atoms. The highest BCUT2D eigenvalue weighted by Crippen LogP contribution is 2.14. The summed E-state index contributed by atoms with van der Waals surface area (Å²) in [5, 5.41) is 2.71. The van der Waals surface area contributed by atoms with Gasteiger partial charge in [-0.3, -0.25) is 9.59 Å². The van der Waals surface area contributed by atoms with Gasteiger partial charge in [0.25, 0.3) is 5.91 Å². The number of carbonyl (C=O) groups is 2. The predicted molar refractivity (Wildman–Crippen MR) is 105 cm³/mol. The average molecular weight is 388 g/mol. The second kappa shape index (κ2) is 8.92. The number of hydrogen-bond donors (Lipinski definition) is 2. The Morgan fingerprint density at radius 3 is 2.00 bits per heavy atom. The van der Waals surface area contributed by atoms with Crippen LogP contribution in [0, 0.1) is 5.92 Å². The molecule has 1 amide bonds. The van der Waals surface area contributed by atoms with E-state index in [1.54, 1.807) is 24.3 Å². The van der Waals surface area contributed by atoms with E-state index < -0.39 is 10.0 Å². The quantitative estimate of drug-likeness (QED) is 0.677. The summed E-state index contributed by atoms with van der Waals surface area (Å²) >= 11 is 0. The Morgan fingerprint density at radius 1 is 0.926 bits per heavy atom. The molecule has 0 aliphatic carbocycles. The number of nitrogens with one attached hydrogen (secondary N) is 2. The summed E-state index contributed by atoms with van der Waals surface area (Å²) in [5.41, 5.74) is 1.45. The van der Waals surface area contributed by atoms with Crippen molar-refractivity contribution in [3.05, 3.63) is 59.7 Å². The standard InChI is InChI=1S/C20H24N2O4S/c1-14(2)12-13-21-27(25,26)19-10-6-17(7-11-19)20(24)22-18-8-4-16(5-9-18)15(3)23/h4-11,14,21H,12-13H2,1-3H3,(H,22,24). The Kier molecular flexibility index (Phi) is 6.87. The first-order chi connectivity index (χ1) is 12.7. The monoisotopic (exact) mass is 388 g/mol. The number of hydrogen-bond acceptors (Lipinski definition) is 4. The van der Waals surface area contributed by atoms with Crippen molar-refractivity contribution < 1.29 is 18.0 Å². The zero-order valence-electron chi connectivity index (χ0n) is 15.7. The number of sulfonamides is 1. The molecule has 2 rings (SSSR count). The Bertz CT molecular complexity index is 902. The minimum atomic E-state index is -3.58. The van der Waals surface area contributed by atoms with Crippen molar-refractivity contribution in [2.75, 3.05) is 11.9 Å². The van der Waals surface area contributed by atoms with Gasteiger partial charge in [0.1, 0.15) is 0 Å². The van der Waals surface area contributed by atoms with Crippen LogP contribution < -0.4 is 10.0 Å². The highest BCUT2D eigenvalue weighted by Gasteiger charge is 2.15. The minimum absolute atomic E-state index is 0.0494. The maximum atomic E-state index is 12.3. The van der Waals surface area contributed by atoms with Crippen LogP contribution in [0.5, 0.6) is 0 Å². The minimum Gasteiger partial charge on any atom is -0.322 e. The molecule has 0 heterocycles. The van der Waals surface area contributed by atoms with E-state index in [1.807, 2.05) is 13.8 Å². The molecular weight excluding hydrogens is 364 g/mol. The lowest BCUT2D eigenvalue weighted by atomic mass is 10.1. The van der Waals surface area contributed by atoms with E-state index in [1.165, 1.54) is 31.2 Å². The lowest BCUT2D eigenvalue weighted by Gasteiger charge is -2.09. The van der Waals surface area contributed by atoms with Crippen molar-refractivity contribution in [2.45, 2.75) is 32.1 Å². The van der Waals surface area contributed by atoms with E-state index in [-0.39, 0.29) is 16.6 Å². The van der Waals surface area contributed by atoms with E-state index in [4.69, 9.17) is 0 Å². The summed E-state index contributed by atoms with van der Waals surface area (Å²) in [6.07, 6.45) is 0.752. The van der Waals surface area contributed by atoms with Crippen LogP contribution in [-0.4, -0.2) is 26.7 Å². The number of benzene rings is 2. The zero-order valence-corrected chi connectivity index (χ0v) is 16.5. The van der Waals surface area contributed by atoms with Gasteiger partial charge >= 0.3 is 0 Å². The Balaban J connectivity index is 2.03. The van der Waals surface area contributed by atoms with Crippen LogP contribution in [-0.2, 0) is 10.0 Å². The van der Waals surface area contributed by atoms with Gasteiger partial charge in [-0.25, -0.2) is 13.1 Å². The molecule has 2 N–H and O–H groups in total. The molecule has 2 aromatic carbocycles. The van der Waals surface area contributed by atoms with Gasteiger partial charge in [0.15, 0.2) is 5.78 Å². The van der Waals surface area contributed by atoms with Crippen LogP contribution in [0.1, 0.15) is 47.9 Å². The molecule has 0 saturated carbocycles. The molecule has 6 nitrogen and oxygen atoms in total. The van der Waals surface area contributed by atoms with Gasteiger partial charge < -0.3 is 5.32 Å². The molecule has 7 heteroatoms. The first kappa shape index (κ1) is 20.8. The molecule has 0 aromatic heterocycles. The van der Waals surface area contributed by atoms with Crippen LogP contribution in [0.4, 0.5) is 5.69 Å². The van der Waals surface area contributed by atoms with Crippen LogP contribution in [0.3, 0.4) is 0 Å². The second-order valence-electron chi connectivity index (χ2n) is 6.69. The first-order valence-electron chi connectivity index (χ1n) is 8.71. The summed E-state index contributed by atoms with van der Waals surface area (Å²) < 4.78 is 27.0. The maximum Gasteiger partial charge on any atom is 0.255 e. The molecule has 0 aliphatic rings. The molecule has 0 radical (unpaired) electrons. The van der Waals surface area contributed by atoms with Crippen molar-refractivity contribution in [3.8, 4) is 0 Å². The third kappa shape index (κ3) is 6.01. The first-order valence-corrected chi connectivity index (χ1v) is 10.2. The third-order valence-corrected chi connectivity index (χ3v) is 5.47. The largest absolute Gasteiger partial charge is 0.322 e. The van der Waals surface area contributed by atoms with Gasteiger partial charge in [-0.15, -0.1) is 0 Å². The van der Waals surface area contributed by atoms with Crippen molar-refractivity contribution in [1.82, 2.24) is 4.72 Å². The SMILES string of the molecule is CC(=O)c1ccc(NC(=O)c2ccc(S(=O)(=O)NCCC(C)C)cc2)cc1. The molecule has 0 fully saturated rings. The van der Waals surface area contributed by atoms with Gasteiger partial charge in [0, 0.05) is 23.4 Å². The molecule has 0 unspecified atom stereocenters. The Hall–Kier alpha value is -2.51. The predicted octanol–water partition coefficient (Wildman–Crippen LogP) is 3.47. The Morgan fingerprint density at radius 2 is 1.48 bits per heavy atom. The lowest BCUT2D eigenvalue weighted by Crippen LogP contribution is -2.25. The van der Waals surface area contributed by atoms with Crippen LogP contribution in [0.25, 0.3) is 0 Å². The lowest BCUT2D eigenvalue weighted by molar-refractivity contribution is 0.101. The zero-order chi connectivity index (χ0) is 20.0. The summed E-state index contributed by atoms with van der Waals surface area (Å²) in [6, 6.07) is 12.3. The third-order valence-electron chi connectivity index (χ3n) is 3.99. The van der Waals surface area contributed by atoms with Gasteiger partial charge in [-0.1, -0.05) is 13.8 Å². The number of amides is 1. The van der Waals surface area contributed by atoms with Crippen LogP contribution in [0.2, 0.25) is 0 Å². The van der Waals surface area contributed by atoms with Crippen molar-refractivity contribution in [3.63, 3.8) is 0 Å². The number of anilines is 1. The number of carbonyl (C=O) groups excluding carboxylic acids is 2. The van der Waals surface area contributed by atoms with E-state index in [0.717, 1.165) is 6.42 Å². The summed E-state index contributed by atoms with van der Waals surface area (Å²) in [4.78, 5) is 23.7. The molecule has 0 spiro atoms. The topological polar surface area (TPSA) is 92.3 Å². The Labute approximate surface area is 160 Å². The number of ketones is 1. The number of rotatable bonds is 8. The fraction of sp³-hybridized carbons (Fsp3) is 0.300. The normalized spacial score (nSPS) is 11.4. The van der Waals surface area contributed by atoms with E-state index in [0.29, 0.717) is 29.3 Å². The smallest absolute Gasteiger partial charge is 0.255 e. The summed E-state index contributed by atoms with van der Waals surface area (Å²) in [5.74, 6) is -0.00254. The molecule has 0 atom stereocenters. The van der Waals surface area contributed by atoms with E-state index >= 15 is 0 Å². The van der Waals surface area contributed by atoms with Gasteiger partial charge in [0.2, 0.25) is 10.0 Å². The highest BCUT2D eigenvalue weighted by molar-refractivity contribution is 7.89. The summed E-state index contributed by atoms with van der Waals surface area (Å²) in [7, 11) is -3.58. The maximum absolute atomic E-state index is 12.3. The molecule has 144 valence electrons. The van der Waals surface area contributed by atoms with Gasteiger partial charge in [-0.05, 0) is 67.8 Å². The second-order valence-corrected chi connectivity index (χ2v) is 8.46. The molecular formula is C20H24N2O4S. The fourth-order valence-electron chi connectivity index (χ4n) is 2.34. The molecule has 2 aromatic rings. The van der Waals surface area contributed by atoms with E-state index in [2.05, 4.69) is 10.0 Å². The van der Waals surface area contributed by atoms with Crippen LogP contribution in [0.15, 0.2) is 53.4 Å². The van der Waals surface area contributed by atoms with Gasteiger partial charge in [0.05, 0.1) is 4.90 Å². The van der Waals surface area contributed by atoms with Crippen LogP contribution >= 0.6 is 0 Å². The average Bonchev–Trinajstić information content (AvgIpc) is 2.61. The van der Waals surface area contributed by atoms with Crippen molar-refractivity contribution in [1.29, 1.82) is 0 Å². The molecule has 27 heavy (non-hydrogen) atoms. The fourth-order valence-corrected chi connectivity index (χ4v) is 3.39. The van der Waals surface area contributed by atoms with E-state index in [9.17, 15) is 18.0 Å². The molecule has 0 saturated heterocycles.